The van der Waals surface area contributed by atoms with Crippen molar-refractivity contribution < 1.29 is 14.0 Å². The van der Waals surface area contributed by atoms with Crippen LogP contribution in [0.1, 0.15) is 22.7 Å². The fraction of sp³-hybridized carbons (Fsp3) is 0.350. The lowest BCUT2D eigenvalue weighted by Crippen LogP contribution is -2.31. The first kappa shape index (κ1) is 18.1. The van der Waals surface area contributed by atoms with E-state index >= 15 is 0 Å². The fourth-order valence-electron chi connectivity index (χ4n) is 3.41. The molecule has 8 nitrogen and oxygen atoms in total. The molecule has 1 aliphatic heterocycles. The van der Waals surface area contributed by atoms with Gasteiger partial charge in [-0.15, -0.1) is 0 Å². The van der Waals surface area contributed by atoms with Crippen molar-refractivity contribution >= 4 is 17.5 Å². The van der Waals surface area contributed by atoms with E-state index in [0.717, 1.165) is 42.6 Å². The number of nitrogens with zero attached hydrogens (tertiary/aromatic N) is 4. The van der Waals surface area contributed by atoms with Gasteiger partial charge in [-0.2, -0.15) is 0 Å². The van der Waals surface area contributed by atoms with Gasteiger partial charge in [-0.25, -0.2) is 9.97 Å². The summed E-state index contributed by atoms with van der Waals surface area (Å²) in [5, 5.41) is 7.14. The Morgan fingerprint density at radius 2 is 1.71 bits per heavy atom. The number of aryl methyl sites for hydroxylation is 2. The number of hydrogen-bond acceptors (Lipinski definition) is 8. The Morgan fingerprint density at radius 3 is 2.39 bits per heavy atom. The molecule has 3 heterocycles. The van der Waals surface area contributed by atoms with Gasteiger partial charge in [0.05, 0.1) is 14.2 Å². The van der Waals surface area contributed by atoms with Crippen molar-refractivity contribution in [3.63, 3.8) is 0 Å². The Balaban J connectivity index is 1.60. The third kappa shape index (κ3) is 3.58. The van der Waals surface area contributed by atoms with E-state index in [4.69, 9.17) is 14.0 Å². The van der Waals surface area contributed by atoms with Crippen molar-refractivity contribution in [2.24, 2.45) is 0 Å². The largest absolute Gasteiger partial charge is 0.493 e. The van der Waals surface area contributed by atoms with Crippen LogP contribution in [0.2, 0.25) is 0 Å². The van der Waals surface area contributed by atoms with Gasteiger partial charge in [-0.1, -0.05) is 5.16 Å². The van der Waals surface area contributed by atoms with Crippen molar-refractivity contribution in [2.75, 3.05) is 31.0 Å². The molecule has 1 aromatic carbocycles. The van der Waals surface area contributed by atoms with Gasteiger partial charge in [0.1, 0.15) is 23.2 Å². The topological polar surface area (TPSA) is 85.5 Å². The summed E-state index contributed by atoms with van der Waals surface area (Å²) in [6, 6.07) is 7.87. The van der Waals surface area contributed by atoms with Gasteiger partial charge in [-0.05, 0) is 43.5 Å². The van der Waals surface area contributed by atoms with E-state index in [2.05, 4.69) is 31.4 Å². The molecular weight excluding hydrogens is 358 g/mol. The second-order valence-electron chi connectivity index (χ2n) is 6.75. The number of methoxy groups -OCH3 is 2. The highest BCUT2D eigenvalue weighted by molar-refractivity contribution is 5.58. The summed E-state index contributed by atoms with van der Waals surface area (Å²) in [5.41, 5.74) is 2.48. The van der Waals surface area contributed by atoms with Crippen molar-refractivity contribution in [3.05, 3.63) is 47.0 Å². The summed E-state index contributed by atoms with van der Waals surface area (Å²) in [6.45, 7) is 5.34. The summed E-state index contributed by atoms with van der Waals surface area (Å²) in [5.74, 6) is 5.13. The fourth-order valence-corrected chi connectivity index (χ4v) is 3.41. The molecule has 0 fully saturated rings. The molecule has 0 saturated heterocycles. The van der Waals surface area contributed by atoms with E-state index in [0.29, 0.717) is 17.5 Å². The number of hydrogen-bond donors (Lipinski definition) is 1. The molecule has 0 atom stereocenters. The predicted molar refractivity (Wildman–Crippen MR) is 106 cm³/mol. The van der Waals surface area contributed by atoms with E-state index in [1.165, 1.54) is 11.1 Å². The van der Waals surface area contributed by atoms with Crippen molar-refractivity contribution in [3.8, 4) is 11.5 Å². The second kappa shape index (κ2) is 7.38. The monoisotopic (exact) mass is 381 g/mol. The second-order valence-corrected chi connectivity index (χ2v) is 6.75. The molecule has 0 aliphatic carbocycles. The minimum absolute atomic E-state index is 0.627. The van der Waals surface area contributed by atoms with E-state index in [1.807, 2.05) is 32.0 Å². The maximum atomic E-state index is 5.45. The average molecular weight is 381 g/mol. The molecule has 1 N–H and O–H groups in total. The number of aromatic nitrogens is 3. The molecule has 146 valence electrons. The summed E-state index contributed by atoms with van der Waals surface area (Å²) >= 11 is 0. The predicted octanol–water partition coefficient (Wildman–Crippen LogP) is 3.40. The van der Waals surface area contributed by atoms with Crippen LogP contribution in [0.4, 0.5) is 17.5 Å². The highest BCUT2D eigenvalue weighted by Gasteiger charge is 2.21. The van der Waals surface area contributed by atoms with Crippen LogP contribution in [0.15, 0.2) is 28.8 Å². The van der Waals surface area contributed by atoms with E-state index < -0.39 is 0 Å². The molecule has 3 aromatic rings. The van der Waals surface area contributed by atoms with Crippen molar-refractivity contribution in [2.45, 2.75) is 26.8 Å². The lowest BCUT2D eigenvalue weighted by Gasteiger charge is -2.30. The van der Waals surface area contributed by atoms with Crippen LogP contribution in [0.25, 0.3) is 0 Å². The molecular formula is C20H23N5O3. The van der Waals surface area contributed by atoms with Crippen LogP contribution in [0.5, 0.6) is 11.5 Å². The molecule has 0 spiro atoms. The Labute approximate surface area is 163 Å². The summed E-state index contributed by atoms with van der Waals surface area (Å²) < 4.78 is 16.0. The highest BCUT2D eigenvalue weighted by atomic mass is 16.5. The van der Waals surface area contributed by atoms with Gasteiger partial charge >= 0.3 is 0 Å². The third-order valence-electron chi connectivity index (χ3n) is 4.75. The number of benzene rings is 1. The Kier molecular flexibility index (Phi) is 4.77. The van der Waals surface area contributed by atoms with E-state index in [-0.39, 0.29) is 0 Å². The lowest BCUT2D eigenvalue weighted by molar-refractivity contribution is 0.353. The Morgan fingerprint density at radius 1 is 0.964 bits per heavy atom. The SMILES string of the molecule is COc1cc2c(cc1OC)CN(c1cc(Nc3cc(C)on3)nc(C)n1)CC2. The van der Waals surface area contributed by atoms with Gasteiger partial charge in [0.2, 0.25) is 0 Å². The molecule has 2 aromatic heterocycles. The standard InChI is InChI=1S/C20H23N5O3/c1-12-7-19(24-28-12)23-18-10-20(22-13(2)21-18)25-6-5-14-8-16(26-3)17(27-4)9-15(14)11-25/h7-10H,5-6,11H2,1-4H3,(H,21,22,23,24). The Bertz CT molecular complexity index is 1000. The summed E-state index contributed by atoms with van der Waals surface area (Å²) in [7, 11) is 3.32. The first-order valence-electron chi connectivity index (χ1n) is 9.10. The summed E-state index contributed by atoms with van der Waals surface area (Å²) in [4.78, 5) is 11.3. The minimum Gasteiger partial charge on any atom is -0.493 e. The maximum Gasteiger partial charge on any atom is 0.175 e. The molecule has 0 unspecified atom stereocenters. The Hall–Kier alpha value is -3.29. The van der Waals surface area contributed by atoms with Crippen molar-refractivity contribution in [1.29, 1.82) is 0 Å². The highest BCUT2D eigenvalue weighted by Crippen LogP contribution is 2.34. The zero-order valence-corrected chi connectivity index (χ0v) is 16.4. The van der Waals surface area contributed by atoms with Crippen LogP contribution in [-0.4, -0.2) is 35.9 Å². The number of rotatable bonds is 5. The smallest absolute Gasteiger partial charge is 0.175 e. The van der Waals surface area contributed by atoms with Crippen LogP contribution < -0.4 is 19.7 Å². The van der Waals surface area contributed by atoms with Gasteiger partial charge in [0, 0.05) is 25.2 Å². The molecule has 0 radical (unpaired) electrons. The molecule has 4 rings (SSSR count). The number of anilines is 3. The molecule has 8 heteroatoms. The lowest BCUT2D eigenvalue weighted by atomic mass is 9.99. The minimum atomic E-state index is 0.627. The first-order valence-corrected chi connectivity index (χ1v) is 9.10. The quantitative estimate of drug-likeness (QED) is 0.720. The third-order valence-corrected chi connectivity index (χ3v) is 4.75. The van der Waals surface area contributed by atoms with Crippen LogP contribution in [0, 0.1) is 13.8 Å². The van der Waals surface area contributed by atoms with Crippen LogP contribution in [-0.2, 0) is 13.0 Å². The molecule has 0 bridgehead atoms. The first-order chi connectivity index (χ1) is 13.6. The summed E-state index contributed by atoms with van der Waals surface area (Å²) in [6.07, 6.45) is 0.907. The number of nitrogens with one attached hydrogen (secondary N) is 1. The number of fused-ring (bicyclic) bond motifs is 1. The maximum absolute atomic E-state index is 5.45. The van der Waals surface area contributed by atoms with Gasteiger partial charge in [0.15, 0.2) is 17.3 Å². The van der Waals surface area contributed by atoms with Crippen molar-refractivity contribution in [1.82, 2.24) is 15.1 Å². The van der Waals surface area contributed by atoms with Crippen LogP contribution in [0.3, 0.4) is 0 Å². The average Bonchev–Trinajstić information content (AvgIpc) is 3.10. The van der Waals surface area contributed by atoms with E-state index in [9.17, 15) is 0 Å². The molecule has 1 aliphatic rings. The normalized spacial score (nSPS) is 13.2. The zero-order chi connectivity index (χ0) is 19.7. The van der Waals surface area contributed by atoms with Gasteiger partial charge < -0.3 is 24.2 Å². The molecule has 28 heavy (non-hydrogen) atoms. The van der Waals surface area contributed by atoms with Gasteiger partial charge in [0.25, 0.3) is 0 Å². The molecule has 0 saturated carbocycles. The van der Waals surface area contributed by atoms with Crippen LogP contribution >= 0.6 is 0 Å². The van der Waals surface area contributed by atoms with E-state index in [1.54, 1.807) is 14.2 Å². The molecule has 0 amide bonds. The zero-order valence-electron chi connectivity index (χ0n) is 16.4. The number of ether oxygens (including phenoxy) is 2. The van der Waals surface area contributed by atoms with Gasteiger partial charge in [-0.3, -0.25) is 0 Å².